The van der Waals surface area contributed by atoms with Crippen LogP contribution in [0.5, 0.6) is 5.75 Å². The predicted octanol–water partition coefficient (Wildman–Crippen LogP) is 3.57. The monoisotopic (exact) mass is 443 g/mol. The number of rotatable bonds is 7. The van der Waals surface area contributed by atoms with Crippen LogP contribution in [0.25, 0.3) is 6.08 Å². The first-order valence-corrected chi connectivity index (χ1v) is 10.1. The van der Waals surface area contributed by atoms with E-state index >= 15 is 0 Å². The molecule has 9 heteroatoms. The number of carboxylic acid groups (broad SMARTS) is 2. The van der Waals surface area contributed by atoms with Crippen LogP contribution in [0.15, 0.2) is 59.5 Å². The van der Waals surface area contributed by atoms with Crippen molar-refractivity contribution in [2.45, 2.75) is 19.1 Å². The van der Waals surface area contributed by atoms with E-state index in [2.05, 4.69) is 0 Å². The number of amides is 1. The minimum absolute atomic E-state index is 0.125. The molecular weight excluding hydrogens is 426 g/mol. The Morgan fingerprint density at radius 3 is 2.33 bits per heavy atom. The summed E-state index contributed by atoms with van der Waals surface area (Å²) < 4.78 is 5.58. The number of thiocarbonyl (C=S) groups is 1. The number of thioether (sulfide) groups is 1. The number of nitrogens with zero attached hydrogens (tertiary/aromatic N) is 1. The van der Waals surface area contributed by atoms with Crippen molar-refractivity contribution >= 4 is 52.2 Å². The summed E-state index contributed by atoms with van der Waals surface area (Å²) in [4.78, 5) is 37.3. The van der Waals surface area contributed by atoms with Gasteiger partial charge < -0.3 is 14.9 Å². The van der Waals surface area contributed by atoms with Crippen molar-refractivity contribution in [1.82, 2.24) is 4.90 Å². The molecule has 1 heterocycles. The van der Waals surface area contributed by atoms with Crippen LogP contribution in [0, 0.1) is 0 Å². The zero-order valence-corrected chi connectivity index (χ0v) is 17.4. The highest BCUT2D eigenvalue weighted by atomic mass is 32.2. The molecule has 2 aromatic rings. The van der Waals surface area contributed by atoms with Crippen molar-refractivity contribution in [3.05, 3.63) is 70.6 Å². The second-order valence-corrected chi connectivity index (χ2v) is 8.02. The van der Waals surface area contributed by atoms with E-state index in [-0.39, 0.29) is 15.0 Å². The molecule has 0 aromatic heterocycles. The van der Waals surface area contributed by atoms with Gasteiger partial charge in [0.2, 0.25) is 0 Å². The second kappa shape index (κ2) is 9.10. The lowest BCUT2D eigenvalue weighted by Gasteiger charge is -2.23. The topological polar surface area (TPSA) is 104 Å². The van der Waals surface area contributed by atoms with Crippen LogP contribution in [0.3, 0.4) is 0 Å². The zero-order chi connectivity index (χ0) is 21.8. The van der Waals surface area contributed by atoms with Gasteiger partial charge in [-0.25, -0.2) is 9.59 Å². The first-order valence-electron chi connectivity index (χ1n) is 8.83. The van der Waals surface area contributed by atoms with Crippen LogP contribution < -0.4 is 4.74 Å². The summed E-state index contributed by atoms with van der Waals surface area (Å²) in [5.74, 6) is -2.57. The smallest absolute Gasteiger partial charge is 0.344 e. The van der Waals surface area contributed by atoms with Gasteiger partial charge in [0.1, 0.15) is 10.1 Å². The van der Waals surface area contributed by atoms with Crippen LogP contribution in [-0.2, 0) is 14.4 Å². The molecule has 2 unspecified atom stereocenters. The molecule has 1 fully saturated rings. The first-order chi connectivity index (χ1) is 14.3. The third kappa shape index (κ3) is 4.52. The van der Waals surface area contributed by atoms with Crippen molar-refractivity contribution in [2.75, 3.05) is 0 Å². The molecule has 1 saturated heterocycles. The molecule has 2 aromatic carbocycles. The maximum Gasteiger partial charge on any atom is 0.344 e. The van der Waals surface area contributed by atoms with Crippen LogP contribution in [0.1, 0.15) is 24.1 Å². The lowest BCUT2D eigenvalue weighted by Crippen LogP contribution is -2.37. The Kier molecular flexibility index (Phi) is 6.53. The summed E-state index contributed by atoms with van der Waals surface area (Å²) in [6.45, 7) is 1.40. The Hall–Kier alpha value is -3.17. The van der Waals surface area contributed by atoms with Crippen LogP contribution >= 0.6 is 24.0 Å². The summed E-state index contributed by atoms with van der Waals surface area (Å²) >= 11 is 6.28. The molecule has 0 saturated carbocycles. The highest BCUT2D eigenvalue weighted by molar-refractivity contribution is 8.26. The second-order valence-electron chi connectivity index (χ2n) is 6.34. The molecule has 1 amide bonds. The van der Waals surface area contributed by atoms with E-state index in [0.717, 1.165) is 16.7 Å². The average molecular weight is 444 g/mol. The molecule has 2 N–H and O–H groups in total. The van der Waals surface area contributed by atoms with Crippen molar-refractivity contribution in [3.8, 4) is 5.75 Å². The highest BCUT2D eigenvalue weighted by Crippen LogP contribution is 2.39. The third-order valence-electron chi connectivity index (χ3n) is 4.29. The molecule has 2 atom stereocenters. The van der Waals surface area contributed by atoms with Gasteiger partial charge in [-0.15, -0.1) is 0 Å². The molecule has 1 aliphatic heterocycles. The van der Waals surface area contributed by atoms with E-state index in [0.29, 0.717) is 11.1 Å². The van der Waals surface area contributed by atoms with Crippen LogP contribution in [0.4, 0.5) is 0 Å². The Morgan fingerprint density at radius 1 is 1.07 bits per heavy atom. The van der Waals surface area contributed by atoms with Gasteiger partial charge in [0, 0.05) is 5.56 Å². The molecule has 0 bridgehead atoms. The van der Waals surface area contributed by atoms with E-state index in [9.17, 15) is 19.5 Å². The van der Waals surface area contributed by atoms with Crippen molar-refractivity contribution in [2.24, 2.45) is 0 Å². The number of hydrogen-bond donors (Lipinski definition) is 2. The van der Waals surface area contributed by atoms with Gasteiger partial charge in [0.05, 0.1) is 4.91 Å². The summed E-state index contributed by atoms with van der Waals surface area (Å²) in [5.41, 5.74) is 0.916. The van der Waals surface area contributed by atoms with Crippen molar-refractivity contribution in [1.29, 1.82) is 0 Å². The number of ether oxygens (including phenoxy) is 1. The number of para-hydroxylation sites is 1. The number of benzene rings is 2. The summed E-state index contributed by atoms with van der Waals surface area (Å²) in [6, 6.07) is 13.8. The van der Waals surface area contributed by atoms with Gasteiger partial charge in [-0.2, -0.15) is 0 Å². The summed E-state index contributed by atoms with van der Waals surface area (Å²) in [5, 5.41) is 18.8. The number of carbonyl (C=O) groups excluding carboxylic acids is 1. The van der Waals surface area contributed by atoms with Gasteiger partial charge in [0.15, 0.2) is 12.1 Å². The predicted molar refractivity (Wildman–Crippen MR) is 116 cm³/mol. The van der Waals surface area contributed by atoms with Crippen molar-refractivity contribution < 1.29 is 29.3 Å². The van der Waals surface area contributed by atoms with E-state index in [1.165, 1.54) is 13.0 Å². The fraction of sp³-hybridized carbons (Fsp3) is 0.143. The largest absolute Gasteiger partial charge is 0.479 e. The molecular formula is C21H17NO6S2. The Balaban J connectivity index is 1.94. The maximum atomic E-state index is 13.0. The van der Waals surface area contributed by atoms with Gasteiger partial charge in [-0.1, -0.05) is 72.5 Å². The fourth-order valence-corrected chi connectivity index (χ4v) is 4.13. The molecule has 1 aliphatic rings. The standard InChI is InChI=1S/C21H17NO6S2/c1-12(19(24)25)28-15-10-6-5-9-14(15)11-16-18(23)22(21(29)30-16)17(20(26)27)13-7-3-2-4-8-13/h2-12,17H,1H3,(H,24,25)(H,26,27)/b16-11-. The number of carbonyl (C=O) groups is 3. The van der Waals surface area contributed by atoms with Crippen LogP contribution in [-0.4, -0.2) is 43.4 Å². The number of carboxylic acids is 2. The molecule has 0 radical (unpaired) electrons. The van der Waals surface area contributed by atoms with Gasteiger partial charge in [-0.05, 0) is 24.6 Å². The maximum absolute atomic E-state index is 13.0. The zero-order valence-electron chi connectivity index (χ0n) is 15.7. The molecule has 3 rings (SSSR count). The molecule has 0 aliphatic carbocycles. The average Bonchev–Trinajstić information content (AvgIpc) is 2.98. The Labute approximate surface area is 182 Å². The van der Waals surface area contributed by atoms with Gasteiger partial charge in [-0.3, -0.25) is 9.69 Å². The molecule has 0 spiro atoms. The molecule has 30 heavy (non-hydrogen) atoms. The van der Waals surface area contributed by atoms with Crippen molar-refractivity contribution in [3.63, 3.8) is 0 Å². The van der Waals surface area contributed by atoms with E-state index < -0.39 is 30.0 Å². The summed E-state index contributed by atoms with van der Waals surface area (Å²) in [6.07, 6.45) is 0.441. The third-order valence-corrected chi connectivity index (χ3v) is 5.62. The van der Waals surface area contributed by atoms with Gasteiger partial charge in [0.25, 0.3) is 5.91 Å². The van der Waals surface area contributed by atoms with Crippen LogP contribution in [0.2, 0.25) is 0 Å². The lowest BCUT2D eigenvalue weighted by atomic mass is 10.1. The normalized spacial score (nSPS) is 17.1. The van der Waals surface area contributed by atoms with Gasteiger partial charge >= 0.3 is 11.9 Å². The minimum atomic E-state index is -1.25. The van der Waals surface area contributed by atoms with E-state index in [1.54, 1.807) is 54.6 Å². The quantitative estimate of drug-likeness (QED) is 0.494. The Morgan fingerprint density at radius 2 is 1.70 bits per heavy atom. The van der Waals surface area contributed by atoms with E-state index in [4.69, 9.17) is 22.1 Å². The lowest BCUT2D eigenvalue weighted by molar-refractivity contribution is -0.145. The summed E-state index contributed by atoms with van der Waals surface area (Å²) in [7, 11) is 0. The highest BCUT2D eigenvalue weighted by Gasteiger charge is 2.41. The first kappa shape index (κ1) is 21.5. The molecule has 7 nitrogen and oxygen atoms in total. The fourth-order valence-electron chi connectivity index (χ4n) is 2.83. The minimum Gasteiger partial charge on any atom is -0.479 e. The number of hydrogen-bond acceptors (Lipinski definition) is 6. The van der Waals surface area contributed by atoms with E-state index in [1.807, 2.05) is 0 Å². The SMILES string of the molecule is CC(Oc1ccccc1/C=C1\SC(=S)N(C(C(=O)O)c2ccccc2)C1=O)C(=O)O. The Bertz CT molecular complexity index is 1040. The number of aliphatic carboxylic acids is 2. The molecule has 154 valence electrons.